The Morgan fingerprint density at radius 3 is 2.44 bits per heavy atom. The van der Waals surface area contributed by atoms with Crippen LogP contribution in [-0.4, -0.2) is 28.3 Å². The molecule has 0 saturated heterocycles. The maximum atomic E-state index is 16.0. The molecular formula is C35H40ClF2N3O4. The van der Waals surface area contributed by atoms with Gasteiger partial charge in [0.2, 0.25) is 5.91 Å². The summed E-state index contributed by atoms with van der Waals surface area (Å²) >= 11 is 6.11. The summed E-state index contributed by atoms with van der Waals surface area (Å²) in [6, 6.07) is 5.22. The molecule has 240 valence electrons. The van der Waals surface area contributed by atoms with E-state index in [2.05, 4.69) is 23.6 Å². The van der Waals surface area contributed by atoms with Gasteiger partial charge in [-0.3, -0.25) is 14.4 Å². The van der Waals surface area contributed by atoms with Gasteiger partial charge in [0.15, 0.2) is 0 Å². The Morgan fingerprint density at radius 1 is 1.04 bits per heavy atom. The highest BCUT2D eigenvalue weighted by atomic mass is 35.5. The molecule has 10 heteroatoms. The number of halogens is 3. The number of carbonyl (C=O) groups excluding carboxylic acids is 2. The predicted molar refractivity (Wildman–Crippen MR) is 173 cm³/mol. The molecule has 0 radical (unpaired) electrons. The zero-order valence-electron chi connectivity index (χ0n) is 26.2. The number of ether oxygens (including phenoxy) is 1. The topological polar surface area (TPSA) is 90.3 Å². The van der Waals surface area contributed by atoms with Gasteiger partial charge in [0.1, 0.15) is 22.8 Å². The Morgan fingerprint density at radius 2 is 1.78 bits per heavy atom. The lowest BCUT2D eigenvalue weighted by Gasteiger charge is -2.25. The van der Waals surface area contributed by atoms with Crippen molar-refractivity contribution in [2.75, 3.05) is 6.61 Å². The smallest absolute Gasteiger partial charge is 0.308 e. The van der Waals surface area contributed by atoms with Crippen molar-refractivity contribution in [3.63, 3.8) is 0 Å². The van der Waals surface area contributed by atoms with E-state index in [9.17, 15) is 18.8 Å². The van der Waals surface area contributed by atoms with Crippen LogP contribution in [0, 0.1) is 32.4 Å². The molecule has 1 aromatic heterocycles. The molecule has 0 aliphatic heterocycles. The van der Waals surface area contributed by atoms with E-state index in [1.165, 1.54) is 24.3 Å². The molecule has 7 nitrogen and oxygen atoms in total. The largest absolute Gasteiger partial charge is 0.466 e. The van der Waals surface area contributed by atoms with Gasteiger partial charge in [-0.25, -0.2) is 13.5 Å². The number of hydrogen-bond donors (Lipinski definition) is 1. The summed E-state index contributed by atoms with van der Waals surface area (Å²) in [4.78, 5) is 39.4. The van der Waals surface area contributed by atoms with Crippen molar-refractivity contribution in [1.82, 2.24) is 15.1 Å². The normalized spacial score (nSPS) is 12.3. The van der Waals surface area contributed by atoms with Crippen LogP contribution >= 0.6 is 11.6 Å². The molecule has 0 aliphatic rings. The molecule has 2 aromatic carbocycles. The Labute approximate surface area is 268 Å². The lowest BCUT2D eigenvalue weighted by atomic mass is 9.88. The van der Waals surface area contributed by atoms with Gasteiger partial charge in [0.05, 0.1) is 19.1 Å². The van der Waals surface area contributed by atoms with Crippen LogP contribution in [-0.2, 0) is 20.7 Å². The number of hydrogen-bond acceptors (Lipinski definition) is 5. The molecule has 3 aromatic rings. The summed E-state index contributed by atoms with van der Waals surface area (Å²) in [6.45, 7) is 14.1. The minimum atomic E-state index is -1.18. The van der Waals surface area contributed by atoms with Crippen LogP contribution in [0.2, 0.25) is 5.15 Å². The van der Waals surface area contributed by atoms with E-state index in [1.807, 2.05) is 6.08 Å². The van der Waals surface area contributed by atoms with Crippen molar-refractivity contribution in [2.24, 2.45) is 0 Å². The Balaban J connectivity index is 2.14. The first-order chi connectivity index (χ1) is 21.4. The summed E-state index contributed by atoms with van der Waals surface area (Å²) in [7, 11) is 0. The predicted octanol–water partition coefficient (Wildman–Crippen LogP) is 7.59. The average molecular weight is 640 g/mol. The SMILES string of the molecule is C=CCCCCc1cc(F)cc(C)c1-c1cc(C)c(F)c([C@H](CC(=O)OCC)NC(=O)[C@H](CC=C)n2nc(Cl)cc(C)c2=O)c1. The van der Waals surface area contributed by atoms with Crippen molar-refractivity contribution in [3.8, 4) is 11.1 Å². The van der Waals surface area contributed by atoms with Crippen molar-refractivity contribution in [3.05, 3.63) is 111 Å². The molecule has 45 heavy (non-hydrogen) atoms. The number of esters is 1. The van der Waals surface area contributed by atoms with Crippen LogP contribution in [0.15, 0.2) is 60.4 Å². The zero-order chi connectivity index (χ0) is 33.3. The highest BCUT2D eigenvalue weighted by Gasteiger charge is 2.29. The first kappa shape index (κ1) is 35.4. The molecule has 1 amide bonds. The van der Waals surface area contributed by atoms with Crippen LogP contribution in [0.25, 0.3) is 11.1 Å². The number of unbranched alkanes of at least 4 members (excludes halogenated alkanes) is 2. The molecule has 0 unspecified atom stereocenters. The fourth-order valence-electron chi connectivity index (χ4n) is 5.40. The zero-order valence-corrected chi connectivity index (χ0v) is 27.0. The lowest BCUT2D eigenvalue weighted by Crippen LogP contribution is -2.41. The summed E-state index contributed by atoms with van der Waals surface area (Å²) in [6.07, 6.45) is 6.04. The molecular weight excluding hydrogens is 600 g/mol. The van der Waals surface area contributed by atoms with E-state index in [0.29, 0.717) is 17.5 Å². The molecule has 3 rings (SSSR count). The van der Waals surface area contributed by atoms with Crippen molar-refractivity contribution < 1.29 is 23.1 Å². The highest BCUT2D eigenvalue weighted by Crippen LogP contribution is 2.35. The van der Waals surface area contributed by atoms with Gasteiger partial charge in [0, 0.05) is 11.1 Å². The van der Waals surface area contributed by atoms with Gasteiger partial charge < -0.3 is 10.1 Å². The third kappa shape index (κ3) is 8.97. The molecule has 0 spiro atoms. The van der Waals surface area contributed by atoms with Gasteiger partial charge in [-0.2, -0.15) is 5.10 Å². The Kier molecular flexibility index (Phi) is 12.8. The van der Waals surface area contributed by atoms with Gasteiger partial charge in [0.25, 0.3) is 5.56 Å². The van der Waals surface area contributed by atoms with Gasteiger partial charge in [-0.1, -0.05) is 23.8 Å². The second kappa shape index (κ2) is 16.3. The molecule has 0 saturated carbocycles. The summed E-state index contributed by atoms with van der Waals surface area (Å²) in [5.74, 6) is -2.33. The number of carbonyl (C=O) groups is 2. The number of amides is 1. The van der Waals surface area contributed by atoms with E-state index < -0.39 is 35.3 Å². The quantitative estimate of drug-likeness (QED) is 0.105. The van der Waals surface area contributed by atoms with Crippen LogP contribution in [0.3, 0.4) is 0 Å². The monoisotopic (exact) mass is 639 g/mol. The van der Waals surface area contributed by atoms with Crippen LogP contribution in [0.5, 0.6) is 0 Å². The Hall–Kier alpha value is -4.11. The second-order valence-corrected chi connectivity index (χ2v) is 11.4. The fourth-order valence-corrected chi connectivity index (χ4v) is 5.65. The number of aromatic nitrogens is 2. The molecule has 0 bridgehead atoms. The lowest BCUT2D eigenvalue weighted by molar-refractivity contribution is -0.144. The maximum absolute atomic E-state index is 16.0. The van der Waals surface area contributed by atoms with Crippen LogP contribution in [0.4, 0.5) is 8.78 Å². The summed E-state index contributed by atoms with van der Waals surface area (Å²) < 4.78 is 36.6. The third-order valence-electron chi connectivity index (χ3n) is 7.50. The maximum Gasteiger partial charge on any atom is 0.308 e. The first-order valence-corrected chi connectivity index (χ1v) is 15.3. The third-order valence-corrected chi connectivity index (χ3v) is 7.68. The van der Waals surface area contributed by atoms with E-state index in [4.69, 9.17) is 16.3 Å². The van der Waals surface area contributed by atoms with Crippen molar-refractivity contribution in [2.45, 2.75) is 78.3 Å². The standard InChI is InChI=1S/C35H40ClF2N3O4/c1-7-10-11-12-14-24-18-26(37)16-21(4)32(24)25-15-22(5)33(38)27(19-25)28(20-31(42)45-9-3)39-34(43)29(13-8-2)41-35(44)23(6)17-30(36)40-41/h7-8,15-19,28-29H,1-2,9-14,20H2,3-6H3,(H,39,43)/t28-,29-/m0/s1. The second-order valence-electron chi connectivity index (χ2n) is 11.0. The van der Waals surface area contributed by atoms with Crippen LogP contribution in [0.1, 0.15) is 78.9 Å². The number of allylic oxidation sites excluding steroid dienone is 2. The Bertz CT molecular complexity index is 1640. The van der Waals surface area contributed by atoms with Gasteiger partial charge in [-0.05, 0) is 118 Å². The summed E-state index contributed by atoms with van der Waals surface area (Å²) in [5.41, 5.74) is 2.90. The van der Waals surface area contributed by atoms with E-state index in [-0.39, 0.29) is 47.1 Å². The van der Waals surface area contributed by atoms with Crippen molar-refractivity contribution >= 4 is 23.5 Å². The molecule has 0 fully saturated rings. The highest BCUT2D eigenvalue weighted by molar-refractivity contribution is 6.29. The fraction of sp³-hybridized carbons (Fsp3) is 0.371. The van der Waals surface area contributed by atoms with E-state index in [0.717, 1.165) is 35.1 Å². The molecule has 1 heterocycles. The first-order valence-electron chi connectivity index (χ1n) is 14.9. The number of rotatable bonds is 15. The minimum Gasteiger partial charge on any atom is -0.466 e. The summed E-state index contributed by atoms with van der Waals surface area (Å²) in [5, 5.41) is 6.83. The van der Waals surface area contributed by atoms with Gasteiger partial charge >= 0.3 is 5.97 Å². The number of nitrogens with one attached hydrogen (secondary N) is 1. The molecule has 1 N–H and O–H groups in total. The average Bonchev–Trinajstić information content (AvgIpc) is 2.97. The minimum absolute atomic E-state index is 0.0101. The van der Waals surface area contributed by atoms with Crippen molar-refractivity contribution in [1.29, 1.82) is 0 Å². The van der Waals surface area contributed by atoms with E-state index in [1.54, 1.807) is 39.8 Å². The van der Waals surface area contributed by atoms with Gasteiger partial charge in [-0.15, -0.1) is 13.2 Å². The van der Waals surface area contributed by atoms with Crippen LogP contribution < -0.4 is 10.9 Å². The number of nitrogens with zero attached hydrogens (tertiary/aromatic N) is 2. The molecule has 0 aliphatic carbocycles. The number of aryl methyl sites for hydroxylation is 4. The number of benzene rings is 2. The van der Waals surface area contributed by atoms with E-state index >= 15 is 4.39 Å². The molecule has 2 atom stereocenters.